The summed E-state index contributed by atoms with van der Waals surface area (Å²) in [6, 6.07) is 13.8. The molecule has 0 saturated carbocycles. The second-order valence-electron chi connectivity index (χ2n) is 3.45. The topological polar surface area (TPSA) is 30.2 Å². The maximum Gasteiger partial charge on any atom is 0.182 e. The van der Waals surface area contributed by atoms with Crippen LogP contribution in [0.1, 0.15) is 0 Å². The average Bonchev–Trinajstić information content (AvgIpc) is 2.73. The molecular formula is C12H8BrN3. The van der Waals surface area contributed by atoms with Crippen molar-refractivity contribution in [2.24, 2.45) is 0 Å². The van der Waals surface area contributed by atoms with Crippen molar-refractivity contribution in [1.29, 1.82) is 0 Å². The van der Waals surface area contributed by atoms with E-state index in [1.54, 1.807) is 4.52 Å². The third-order valence-electron chi connectivity index (χ3n) is 2.33. The Bertz CT molecular complexity index is 631. The third kappa shape index (κ3) is 1.61. The highest BCUT2D eigenvalue weighted by atomic mass is 79.9. The van der Waals surface area contributed by atoms with Crippen molar-refractivity contribution in [3.8, 4) is 11.4 Å². The Morgan fingerprint density at radius 2 is 1.88 bits per heavy atom. The lowest BCUT2D eigenvalue weighted by Gasteiger charge is -1.91. The summed E-state index contributed by atoms with van der Waals surface area (Å²) in [5, 5.41) is 4.41. The van der Waals surface area contributed by atoms with Crippen LogP contribution in [0.2, 0.25) is 0 Å². The van der Waals surface area contributed by atoms with Gasteiger partial charge in [0.05, 0.1) is 0 Å². The molecule has 1 aromatic carbocycles. The number of aromatic nitrogens is 3. The minimum absolute atomic E-state index is 0.749. The highest BCUT2D eigenvalue weighted by Gasteiger charge is 2.05. The van der Waals surface area contributed by atoms with Gasteiger partial charge in [0.2, 0.25) is 0 Å². The average molecular weight is 274 g/mol. The van der Waals surface area contributed by atoms with Crippen LogP contribution in [-0.2, 0) is 0 Å². The lowest BCUT2D eigenvalue weighted by atomic mass is 10.2. The van der Waals surface area contributed by atoms with Gasteiger partial charge in [-0.05, 0) is 12.1 Å². The molecule has 0 atom stereocenters. The summed E-state index contributed by atoms with van der Waals surface area (Å²) in [4.78, 5) is 4.47. The number of benzene rings is 1. The minimum Gasteiger partial charge on any atom is -0.220 e. The summed E-state index contributed by atoms with van der Waals surface area (Å²) in [6.07, 6.45) is 1.89. The zero-order valence-electron chi connectivity index (χ0n) is 8.34. The molecule has 0 N–H and O–H groups in total. The Morgan fingerprint density at radius 3 is 2.69 bits per heavy atom. The van der Waals surface area contributed by atoms with E-state index in [4.69, 9.17) is 0 Å². The summed E-state index contributed by atoms with van der Waals surface area (Å²) in [5.41, 5.74) is 1.87. The fourth-order valence-corrected chi connectivity index (χ4v) is 1.89. The Hall–Kier alpha value is -1.68. The monoisotopic (exact) mass is 273 g/mol. The summed E-state index contributed by atoms with van der Waals surface area (Å²) in [7, 11) is 0. The summed E-state index contributed by atoms with van der Waals surface area (Å²) >= 11 is 3.42. The van der Waals surface area contributed by atoms with Gasteiger partial charge in [-0.2, -0.15) is 0 Å². The van der Waals surface area contributed by atoms with E-state index < -0.39 is 0 Å². The van der Waals surface area contributed by atoms with Crippen molar-refractivity contribution in [3.63, 3.8) is 0 Å². The second kappa shape index (κ2) is 3.72. The van der Waals surface area contributed by atoms with Crippen LogP contribution >= 0.6 is 15.9 Å². The van der Waals surface area contributed by atoms with Crippen LogP contribution in [0.3, 0.4) is 0 Å². The zero-order valence-corrected chi connectivity index (χ0v) is 9.92. The highest BCUT2D eigenvalue weighted by molar-refractivity contribution is 9.10. The van der Waals surface area contributed by atoms with Crippen LogP contribution in [-0.4, -0.2) is 14.6 Å². The summed E-state index contributed by atoms with van der Waals surface area (Å²) < 4.78 is 2.78. The molecule has 78 valence electrons. The molecule has 2 heterocycles. The molecule has 0 aliphatic heterocycles. The van der Waals surface area contributed by atoms with Gasteiger partial charge in [-0.3, -0.25) is 0 Å². The van der Waals surface area contributed by atoms with Crippen molar-refractivity contribution in [3.05, 3.63) is 53.1 Å². The predicted octanol–water partition coefficient (Wildman–Crippen LogP) is 3.16. The van der Waals surface area contributed by atoms with Crippen molar-refractivity contribution in [2.75, 3.05) is 0 Å². The Kier molecular flexibility index (Phi) is 2.22. The number of pyridine rings is 1. The highest BCUT2D eigenvalue weighted by Crippen LogP contribution is 2.17. The van der Waals surface area contributed by atoms with Gasteiger partial charge < -0.3 is 0 Å². The number of rotatable bonds is 1. The standard InChI is InChI=1S/C12H8BrN3/c13-10-6-7-16-11(8-10)14-12(15-16)9-4-2-1-3-5-9/h1-8H. The first-order chi connectivity index (χ1) is 7.83. The van der Waals surface area contributed by atoms with Gasteiger partial charge in [0.15, 0.2) is 11.5 Å². The molecule has 0 bridgehead atoms. The van der Waals surface area contributed by atoms with Crippen molar-refractivity contribution < 1.29 is 0 Å². The molecule has 0 fully saturated rings. The predicted molar refractivity (Wildman–Crippen MR) is 66.1 cm³/mol. The quantitative estimate of drug-likeness (QED) is 0.682. The molecule has 3 nitrogen and oxygen atoms in total. The number of nitrogens with zero attached hydrogens (tertiary/aromatic N) is 3. The van der Waals surface area contributed by atoms with Crippen LogP contribution in [0, 0.1) is 0 Å². The summed E-state index contributed by atoms with van der Waals surface area (Å²) in [6.45, 7) is 0. The Labute approximate surface area is 101 Å². The molecule has 2 aromatic heterocycles. The number of halogens is 1. The SMILES string of the molecule is Brc1ccn2nc(-c3ccccc3)nc2c1. The lowest BCUT2D eigenvalue weighted by Crippen LogP contribution is -1.85. The summed E-state index contributed by atoms with van der Waals surface area (Å²) in [5.74, 6) is 0.749. The zero-order chi connectivity index (χ0) is 11.0. The number of hydrogen-bond donors (Lipinski definition) is 0. The van der Waals surface area contributed by atoms with E-state index in [0.717, 1.165) is 21.5 Å². The maximum absolute atomic E-state index is 4.47. The minimum atomic E-state index is 0.749. The molecule has 16 heavy (non-hydrogen) atoms. The molecule has 0 radical (unpaired) electrons. The Morgan fingerprint density at radius 1 is 1.06 bits per heavy atom. The molecule has 0 aliphatic rings. The van der Waals surface area contributed by atoms with E-state index in [9.17, 15) is 0 Å². The molecular weight excluding hydrogens is 266 g/mol. The van der Waals surface area contributed by atoms with Crippen molar-refractivity contribution in [2.45, 2.75) is 0 Å². The number of fused-ring (bicyclic) bond motifs is 1. The van der Waals surface area contributed by atoms with Crippen molar-refractivity contribution in [1.82, 2.24) is 14.6 Å². The maximum atomic E-state index is 4.47. The normalized spacial score (nSPS) is 10.8. The van der Waals surface area contributed by atoms with E-state index in [-0.39, 0.29) is 0 Å². The van der Waals surface area contributed by atoms with Crippen LogP contribution in [0.25, 0.3) is 17.0 Å². The van der Waals surface area contributed by atoms with Gasteiger partial charge in [0, 0.05) is 16.2 Å². The molecule has 3 aromatic rings. The van der Waals surface area contributed by atoms with Gasteiger partial charge in [0.25, 0.3) is 0 Å². The molecule has 0 amide bonds. The van der Waals surface area contributed by atoms with Crippen molar-refractivity contribution >= 4 is 21.6 Å². The first kappa shape index (κ1) is 9.54. The second-order valence-corrected chi connectivity index (χ2v) is 4.36. The lowest BCUT2D eigenvalue weighted by molar-refractivity contribution is 0.964. The van der Waals surface area contributed by atoms with Crippen LogP contribution in [0.15, 0.2) is 53.1 Å². The van der Waals surface area contributed by atoms with Crippen LogP contribution in [0.4, 0.5) is 0 Å². The van der Waals surface area contributed by atoms with E-state index in [1.807, 2.05) is 48.7 Å². The van der Waals surface area contributed by atoms with Gasteiger partial charge in [-0.15, -0.1) is 5.10 Å². The largest absolute Gasteiger partial charge is 0.220 e. The molecule has 4 heteroatoms. The van der Waals surface area contributed by atoms with Gasteiger partial charge >= 0.3 is 0 Å². The fraction of sp³-hybridized carbons (Fsp3) is 0. The first-order valence-corrected chi connectivity index (χ1v) is 5.69. The smallest absolute Gasteiger partial charge is 0.182 e. The first-order valence-electron chi connectivity index (χ1n) is 4.90. The van der Waals surface area contributed by atoms with E-state index in [2.05, 4.69) is 26.0 Å². The number of hydrogen-bond acceptors (Lipinski definition) is 2. The molecule has 0 spiro atoms. The molecule has 3 rings (SSSR count). The molecule has 0 aliphatic carbocycles. The van der Waals surface area contributed by atoms with Gasteiger partial charge in [-0.1, -0.05) is 46.3 Å². The third-order valence-corrected chi connectivity index (χ3v) is 2.82. The van der Waals surface area contributed by atoms with E-state index >= 15 is 0 Å². The fourth-order valence-electron chi connectivity index (χ4n) is 1.57. The molecule has 0 unspecified atom stereocenters. The van der Waals surface area contributed by atoms with Crippen LogP contribution < -0.4 is 0 Å². The molecule has 0 saturated heterocycles. The Balaban J connectivity index is 2.19. The van der Waals surface area contributed by atoms with Gasteiger partial charge in [-0.25, -0.2) is 9.50 Å². The van der Waals surface area contributed by atoms with E-state index in [0.29, 0.717) is 0 Å². The van der Waals surface area contributed by atoms with Crippen LogP contribution in [0.5, 0.6) is 0 Å². The van der Waals surface area contributed by atoms with E-state index in [1.165, 1.54) is 0 Å². The van der Waals surface area contributed by atoms with Gasteiger partial charge in [0.1, 0.15) is 0 Å².